The average Bonchev–Trinajstić information content (AvgIpc) is 2.26. The third-order valence-electron chi connectivity index (χ3n) is 1.79. The first-order valence-electron chi connectivity index (χ1n) is 4.42. The van der Waals surface area contributed by atoms with Crippen LogP contribution in [0.15, 0.2) is 24.3 Å². The van der Waals surface area contributed by atoms with E-state index in [-0.39, 0.29) is 13.2 Å². The summed E-state index contributed by atoms with van der Waals surface area (Å²) in [4.78, 5) is 11.0. The highest BCUT2D eigenvalue weighted by Gasteiger charge is 2.13. The monoisotopic (exact) mass is 229 g/mol. The van der Waals surface area contributed by atoms with Gasteiger partial charge in [-0.15, -0.1) is 0 Å². The first kappa shape index (κ1) is 12.0. The predicted molar refractivity (Wildman–Crippen MR) is 56.3 cm³/mol. The van der Waals surface area contributed by atoms with Crippen molar-refractivity contribution in [1.82, 2.24) is 0 Å². The molecule has 1 aromatic carbocycles. The molecule has 1 atom stereocenters. The molecule has 0 aliphatic rings. The number of aliphatic hydroxyl groups excluding tert-OH is 1. The number of rotatable bonds is 4. The quantitative estimate of drug-likeness (QED) is 0.746. The largest absolute Gasteiger partial charge is 0.459 e. The Morgan fingerprint density at radius 3 is 2.60 bits per heavy atom. The van der Waals surface area contributed by atoms with E-state index in [0.29, 0.717) is 5.02 Å². The maximum absolute atomic E-state index is 11.0. The van der Waals surface area contributed by atoms with Gasteiger partial charge in [0.05, 0.1) is 0 Å². The summed E-state index contributed by atoms with van der Waals surface area (Å²) < 4.78 is 4.81. The van der Waals surface area contributed by atoms with Gasteiger partial charge in [0.1, 0.15) is 6.61 Å². The molecule has 0 aliphatic heterocycles. The molecule has 1 rings (SSSR count). The molecule has 0 spiro atoms. The lowest BCUT2D eigenvalue weighted by Crippen LogP contribution is -2.30. The van der Waals surface area contributed by atoms with Crippen LogP contribution in [0.4, 0.5) is 0 Å². The third-order valence-corrected chi connectivity index (χ3v) is 2.04. The van der Waals surface area contributed by atoms with Gasteiger partial charge in [0.25, 0.3) is 0 Å². The zero-order valence-corrected chi connectivity index (χ0v) is 8.78. The van der Waals surface area contributed by atoms with E-state index in [1.54, 1.807) is 24.3 Å². The second-order valence-corrected chi connectivity index (χ2v) is 3.42. The highest BCUT2D eigenvalue weighted by Crippen LogP contribution is 2.10. The fourth-order valence-corrected chi connectivity index (χ4v) is 1.05. The van der Waals surface area contributed by atoms with Crippen molar-refractivity contribution in [3.63, 3.8) is 0 Å². The van der Waals surface area contributed by atoms with Crippen molar-refractivity contribution < 1.29 is 14.6 Å². The van der Waals surface area contributed by atoms with Crippen LogP contribution in [0.25, 0.3) is 0 Å². The lowest BCUT2D eigenvalue weighted by atomic mass is 10.2. The molecule has 0 aliphatic carbocycles. The minimum atomic E-state index is -1.25. The Balaban J connectivity index is 2.43. The van der Waals surface area contributed by atoms with E-state index in [1.165, 1.54) is 0 Å². The zero-order valence-electron chi connectivity index (χ0n) is 8.02. The van der Waals surface area contributed by atoms with Gasteiger partial charge in [-0.1, -0.05) is 23.7 Å². The molecule has 0 unspecified atom stereocenters. The van der Waals surface area contributed by atoms with Crippen molar-refractivity contribution in [2.24, 2.45) is 5.73 Å². The summed E-state index contributed by atoms with van der Waals surface area (Å²) in [6.07, 6.45) is -1.25. The number of hydrogen-bond acceptors (Lipinski definition) is 4. The van der Waals surface area contributed by atoms with Crippen LogP contribution in [0.2, 0.25) is 5.02 Å². The standard InChI is InChI=1S/C10H12ClNO3/c11-8-3-1-7(2-4-8)6-15-10(14)9(13)5-12/h1-4,9,13H,5-6,12H2/t9-/m0/s1. The van der Waals surface area contributed by atoms with Crippen molar-refractivity contribution >= 4 is 17.6 Å². The van der Waals surface area contributed by atoms with Crippen molar-refractivity contribution in [2.75, 3.05) is 6.54 Å². The molecular formula is C10H12ClNO3. The predicted octanol–water partition coefficient (Wildman–Crippen LogP) is 0.703. The maximum atomic E-state index is 11.0. The Hall–Kier alpha value is -1.10. The van der Waals surface area contributed by atoms with Crippen molar-refractivity contribution in [2.45, 2.75) is 12.7 Å². The smallest absolute Gasteiger partial charge is 0.336 e. The molecule has 82 valence electrons. The molecule has 4 nitrogen and oxygen atoms in total. The second kappa shape index (κ2) is 5.70. The number of aliphatic hydroxyl groups is 1. The van der Waals surface area contributed by atoms with Gasteiger partial charge in [0, 0.05) is 11.6 Å². The molecule has 0 saturated carbocycles. The molecule has 15 heavy (non-hydrogen) atoms. The number of hydrogen-bond donors (Lipinski definition) is 2. The van der Waals surface area contributed by atoms with Crippen LogP contribution in [0, 0.1) is 0 Å². The van der Waals surface area contributed by atoms with Gasteiger partial charge in [-0.25, -0.2) is 4.79 Å². The SMILES string of the molecule is NC[C@H](O)C(=O)OCc1ccc(Cl)cc1. The fraction of sp³-hybridized carbons (Fsp3) is 0.300. The van der Waals surface area contributed by atoms with E-state index >= 15 is 0 Å². The van der Waals surface area contributed by atoms with Crippen molar-refractivity contribution in [1.29, 1.82) is 0 Å². The Morgan fingerprint density at radius 1 is 1.47 bits per heavy atom. The molecule has 0 aromatic heterocycles. The van der Waals surface area contributed by atoms with Gasteiger partial charge < -0.3 is 15.6 Å². The van der Waals surface area contributed by atoms with Gasteiger partial charge in [-0.05, 0) is 17.7 Å². The second-order valence-electron chi connectivity index (χ2n) is 2.99. The van der Waals surface area contributed by atoms with E-state index in [0.717, 1.165) is 5.56 Å². The van der Waals surface area contributed by atoms with Crippen LogP contribution in [0.3, 0.4) is 0 Å². The van der Waals surface area contributed by atoms with Gasteiger partial charge >= 0.3 is 5.97 Å². The lowest BCUT2D eigenvalue weighted by Gasteiger charge is -2.08. The molecule has 0 heterocycles. The van der Waals surface area contributed by atoms with Gasteiger partial charge in [-0.2, -0.15) is 0 Å². The molecule has 1 aromatic rings. The molecular weight excluding hydrogens is 218 g/mol. The highest BCUT2D eigenvalue weighted by atomic mass is 35.5. The fourth-order valence-electron chi connectivity index (χ4n) is 0.928. The average molecular weight is 230 g/mol. The molecule has 0 saturated heterocycles. The van der Waals surface area contributed by atoms with Crippen LogP contribution >= 0.6 is 11.6 Å². The van der Waals surface area contributed by atoms with Gasteiger partial charge in [0.2, 0.25) is 0 Å². The summed E-state index contributed by atoms with van der Waals surface area (Å²) in [6, 6.07) is 6.88. The van der Waals surface area contributed by atoms with E-state index in [4.69, 9.17) is 27.2 Å². The Morgan fingerprint density at radius 2 is 2.07 bits per heavy atom. The topological polar surface area (TPSA) is 72.5 Å². The van der Waals surface area contributed by atoms with E-state index in [1.807, 2.05) is 0 Å². The normalized spacial score (nSPS) is 12.2. The minimum Gasteiger partial charge on any atom is -0.459 e. The zero-order chi connectivity index (χ0) is 11.3. The minimum absolute atomic E-state index is 0.104. The number of benzene rings is 1. The van der Waals surface area contributed by atoms with Crippen LogP contribution < -0.4 is 5.73 Å². The lowest BCUT2D eigenvalue weighted by molar-refractivity contribution is -0.154. The van der Waals surface area contributed by atoms with Crippen LogP contribution in [-0.4, -0.2) is 23.7 Å². The summed E-state index contributed by atoms with van der Waals surface area (Å²) in [5.41, 5.74) is 5.90. The molecule has 0 fully saturated rings. The summed E-state index contributed by atoms with van der Waals surface area (Å²) in [5, 5.41) is 9.65. The van der Waals surface area contributed by atoms with Crippen molar-refractivity contribution in [3.05, 3.63) is 34.9 Å². The van der Waals surface area contributed by atoms with Crippen LogP contribution in [0.5, 0.6) is 0 Å². The van der Waals surface area contributed by atoms with Gasteiger partial charge in [0.15, 0.2) is 6.10 Å². The summed E-state index contributed by atoms with van der Waals surface area (Å²) in [7, 11) is 0. The maximum Gasteiger partial charge on any atom is 0.336 e. The first-order valence-corrected chi connectivity index (χ1v) is 4.80. The van der Waals surface area contributed by atoms with Crippen molar-refractivity contribution in [3.8, 4) is 0 Å². The molecule has 3 N–H and O–H groups in total. The van der Waals surface area contributed by atoms with E-state index < -0.39 is 12.1 Å². The number of esters is 1. The molecule has 0 amide bonds. The molecule has 0 radical (unpaired) electrons. The Kier molecular flexibility index (Phi) is 4.55. The number of nitrogens with two attached hydrogens (primary N) is 1. The van der Waals surface area contributed by atoms with E-state index in [9.17, 15) is 4.79 Å². The highest BCUT2D eigenvalue weighted by molar-refractivity contribution is 6.30. The summed E-state index contributed by atoms with van der Waals surface area (Å²) in [5.74, 6) is -0.715. The number of carbonyl (C=O) groups excluding carboxylic acids is 1. The number of carbonyl (C=O) groups is 1. The summed E-state index contributed by atoms with van der Waals surface area (Å²) >= 11 is 5.68. The van der Waals surface area contributed by atoms with Crippen LogP contribution in [0.1, 0.15) is 5.56 Å². The van der Waals surface area contributed by atoms with Crippen LogP contribution in [-0.2, 0) is 16.1 Å². The van der Waals surface area contributed by atoms with E-state index in [2.05, 4.69) is 0 Å². The first-order chi connectivity index (χ1) is 7.13. The molecule has 0 bridgehead atoms. The molecule has 5 heteroatoms. The van der Waals surface area contributed by atoms with Gasteiger partial charge in [-0.3, -0.25) is 0 Å². The number of ether oxygens (including phenoxy) is 1. The number of halogens is 1. The summed E-state index contributed by atoms with van der Waals surface area (Å²) in [6.45, 7) is -0.0352. The Bertz CT molecular complexity index is 326. The third kappa shape index (κ3) is 3.87. The Labute approximate surface area is 92.6 Å².